The molecule has 2 aromatic heterocycles. The molecule has 0 aliphatic heterocycles. The summed E-state index contributed by atoms with van der Waals surface area (Å²) in [6.45, 7) is 6.00. The van der Waals surface area contributed by atoms with E-state index in [0.717, 1.165) is 16.7 Å². The van der Waals surface area contributed by atoms with Gasteiger partial charge in [-0.1, -0.05) is 36.8 Å². The molecule has 162 valence electrons. The van der Waals surface area contributed by atoms with Crippen molar-refractivity contribution in [3.05, 3.63) is 77.0 Å². The predicted molar refractivity (Wildman–Crippen MR) is 121 cm³/mol. The summed E-state index contributed by atoms with van der Waals surface area (Å²) in [7, 11) is 0. The molecular formula is C23H24N8O. The molecule has 4 rings (SSSR count). The van der Waals surface area contributed by atoms with E-state index in [1.165, 1.54) is 0 Å². The van der Waals surface area contributed by atoms with Crippen molar-refractivity contribution < 1.29 is 4.79 Å². The van der Waals surface area contributed by atoms with Gasteiger partial charge in [0.15, 0.2) is 5.82 Å². The topological polar surface area (TPSA) is 124 Å². The Morgan fingerprint density at radius 1 is 1.09 bits per heavy atom. The normalized spacial score (nSPS) is 10.8. The van der Waals surface area contributed by atoms with Gasteiger partial charge in [-0.3, -0.25) is 4.79 Å². The maximum Gasteiger partial charge on any atom is 0.251 e. The van der Waals surface area contributed by atoms with E-state index in [1.807, 2.05) is 50.2 Å². The molecule has 0 saturated heterocycles. The SMILES string of the molecule is CCc1nnnn1-c1cc(C(=O)NCc2cnc(C)nc2N)cc(-c2ccc(C)cc2)c1. The van der Waals surface area contributed by atoms with E-state index < -0.39 is 0 Å². The zero-order valence-corrected chi connectivity index (χ0v) is 18.2. The first-order valence-electron chi connectivity index (χ1n) is 10.3. The maximum atomic E-state index is 13.1. The number of aromatic nitrogens is 6. The number of nitrogens with two attached hydrogens (primary N) is 1. The van der Waals surface area contributed by atoms with Crippen LogP contribution in [0.4, 0.5) is 5.82 Å². The van der Waals surface area contributed by atoms with Crippen LogP contribution in [0, 0.1) is 13.8 Å². The Morgan fingerprint density at radius 2 is 1.88 bits per heavy atom. The fourth-order valence-corrected chi connectivity index (χ4v) is 3.33. The molecule has 4 aromatic rings. The minimum absolute atomic E-state index is 0.222. The van der Waals surface area contributed by atoms with Crippen molar-refractivity contribution >= 4 is 11.7 Å². The van der Waals surface area contributed by atoms with Gasteiger partial charge in [0.25, 0.3) is 5.91 Å². The van der Waals surface area contributed by atoms with Crippen LogP contribution in [0.15, 0.2) is 48.7 Å². The van der Waals surface area contributed by atoms with Crippen LogP contribution in [-0.2, 0) is 13.0 Å². The lowest BCUT2D eigenvalue weighted by Gasteiger charge is -2.12. The van der Waals surface area contributed by atoms with E-state index >= 15 is 0 Å². The Bertz CT molecular complexity index is 1260. The molecule has 9 nitrogen and oxygen atoms in total. The zero-order chi connectivity index (χ0) is 22.7. The highest BCUT2D eigenvalue weighted by molar-refractivity contribution is 5.96. The van der Waals surface area contributed by atoms with Crippen LogP contribution >= 0.6 is 0 Å². The Kier molecular flexibility index (Phi) is 5.89. The van der Waals surface area contributed by atoms with Gasteiger partial charge in [0.1, 0.15) is 11.6 Å². The molecule has 0 spiro atoms. The minimum Gasteiger partial charge on any atom is -0.383 e. The van der Waals surface area contributed by atoms with Crippen LogP contribution in [0.5, 0.6) is 0 Å². The number of hydrogen-bond donors (Lipinski definition) is 2. The number of nitrogen functional groups attached to an aromatic ring is 1. The predicted octanol–water partition coefficient (Wildman–Crippen LogP) is 2.81. The number of aryl methyl sites for hydroxylation is 3. The summed E-state index contributed by atoms with van der Waals surface area (Å²) in [5.41, 5.74) is 10.9. The number of carbonyl (C=O) groups is 1. The van der Waals surface area contributed by atoms with Gasteiger partial charge in [0.2, 0.25) is 0 Å². The van der Waals surface area contributed by atoms with Gasteiger partial charge in [-0.2, -0.15) is 4.68 Å². The molecule has 1 amide bonds. The smallest absolute Gasteiger partial charge is 0.251 e. The van der Waals surface area contributed by atoms with Crippen molar-refractivity contribution in [2.24, 2.45) is 0 Å². The summed E-state index contributed by atoms with van der Waals surface area (Å²) in [5, 5.41) is 14.9. The number of tetrazole rings is 1. The highest BCUT2D eigenvalue weighted by Gasteiger charge is 2.14. The van der Waals surface area contributed by atoms with E-state index in [0.29, 0.717) is 40.7 Å². The molecule has 2 aromatic carbocycles. The molecule has 0 atom stereocenters. The van der Waals surface area contributed by atoms with Gasteiger partial charge in [0, 0.05) is 30.3 Å². The number of anilines is 1. The monoisotopic (exact) mass is 428 g/mol. The molecule has 0 aliphatic carbocycles. The number of nitrogens with one attached hydrogen (secondary N) is 1. The number of rotatable bonds is 6. The Morgan fingerprint density at radius 3 is 2.59 bits per heavy atom. The van der Waals surface area contributed by atoms with Gasteiger partial charge in [0.05, 0.1) is 5.69 Å². The Hall–Kier alpha value is -4.14. The minimum atomic E-state index is -0.244. The number of carbonyl (C=O) groups excluding carboxylic acids is 1. The summed E-state index contributed by atoms with van der Waals surface area (Å²) >= 11 is 0. The van der Waals surface area contributed by atoms with Crippen molar-refractivity contribution in [3.63, 3.8) is 0 Å². The number of hydrogen-bond acceptors (Lipinski definition) is 7. The summed E-state index contributed by atoms with van der Waals surface area (Å²) in [6.07, 6.45) is 2.29. The summed E-state index contributed by atoms with van der Waals surface area (Å²) in [5.74, 6) is 1.41. The summed E-state index contributed by atoms with van der Waals surface area (Å²) < 4.78 is 1.65. The van der Waals surface area contributed by atoms with Crippen LogP contribution in [0.2, 0.25) is 0 Å². The lowest BCUT2D eigenvalue weighted by Crippen LogP contribution is -2.24. The largest absolute Gasteiger partial charge is 0.383 e. The van der Waals surface area contributed by atoms with Crippen LogP contribution in [0.3, 0.4) is 0 Å². The molecule has 9 heteroatoms. The van der Waals surface area contributed by atoms with Gasteiger partial charge in [-0.05, 0) is 53.6 Å². The van der Waals surface area contributed by atoms with Crippen molar-refractivity contribution in [1.82, 2.24) is 35.5 Å². The number of benzene rings is 2. The Labute approximate surface area is 185 Å². The second kappa shape index (κ2) is 8.93. The highest BCUT2D eigenvalue weighted by atomic mass is 16.1. The Balaban J connectivity index is 1.69. The van der Waals surface area contributed by atoms with E-state index in [9.17, 15) is 4.79 Å². The molecular weight excluding hydrogens is 404 g/mol. The molecule has 0 bridgehead atoms. The average molecular weight is 429 g/mol. The van der Waals surface area contributed by atoms with Crippen LogP contribution in [-0.4, -0.2) is 36.1 Å². The quantitative estimate of drug-likeness (QED) is 0.484. The fourth-order valence-electron chi connectivity index (χ4n) is 3.33. The molecule has 0 unspecified atom stereocenters. The second-order valence-electron chi connectivity index (χ2n) is 7.51. The van der Waals surface area contributed by atoms with Gasteiger partial charge in [-0.25, -0.2) is 9.97 Å². The molecule has 0 radical (unpaired) electrons. The molecule has 0 fully saturated rings. The molecule has 0 saturated carbocycles. The number of nitrogens with zero attached hydrogens (tertiary/aromatic N) is 6. The third-order valence-electron chi connectivity index (χ3n) is 5.12. The van der Waals surface area contributed by atoms with E-state index in [4.69, 9.17) is 5.73 Å². The first-order chi connectivity index (χ1) is 15.4. The standard InChI is InChI=1S/C23H24N8O/c1-4-21-28-29-30-31(21)20-10-17(16-7-5-14(2)6-8-16)9-18(11-20)23(32)26-13-19-12-25-15(3)27-22(19)24/h5-12H,4,13H2,1-3H3,(H,26,32)(H2,24,25,27). The van der Waals surface area contributed by atoms with Gasteiger partial charge in [-0.15, -0.1) is 5.10 Å². The fraction of sp³-hybridized carbons (Fsp3) is 0.217. The summed E-state index contributed by atoms with van der Waals surface area (Å²) in [4.78, 5) is 21.3. The summed E-state index contributed by atoms with van der Waals surface area (Å²) in [6, 6.07) is 13.7. The lowest BCUT2D eigenvalue weighted by atomic mass is 10.0. The first kappa shape index (κ1) is 21.1. The maximum absolute atomic E-state index is 13.1. The van der Waals surface area contributed by atoms with Crippen LogP contribution in [0.1, 0.15) is 40.1 Å². The van der Waals surface area contributed by atoms with Crippen LogP contribution < -0.4 is 11.1 Å². The number of amides is 1. The van der Waals surface area contributed by atoms with E-state index in [2.05, 4.69) is 30.8 Å². The first-order valence-corrected chi connectivity index (χ1v) is 10.3. The molecule has 3 N–H and O–H groups in total. The molecule has 0 aliphatic rings. The lowest BCUT2D eigenvalue weighted by molar-refractivity contribution is 0.0951. The highest BCUT2D eigenvalue weighted by Crippen LogP contribution is 2.25. The zero-order valence-electron chi connectivity index (χ0n) is 18.2. The van der Waals surface area contributed by atoms with Crippen molar-refractivity contribution in [2.75, 3.05) is 5.73 Å². The molecule has 2 heterocycles. The van der Waals surface area contributed by atoms with Gasteiger partial charge < -0.3 is 11.1 Å². The second-order valence-corrected chi connectivity index (χ2v) is 7.51. The van der Waals surface area contributed by atoms with Crippen molar-refractivity contribution in [1.29, 1.82) is 0 Å². The van der Waals surface area contributed by atoms with E-state index in [-0.39, 0.29) is 12.5 Å². The van der Waals surface area contributed by atoms with Crippen molar-refractivity contribution in [3.8, 4) is 16.8 Å². The molecule has 32 heavy (non-hydrogen) atoms. The van der Waals surface area contributed by atoms with Crippen molar-refractivity contribution in [2.45, 2.75) is 33.7 Å². The van der Waals surface area contributed by atoms with Crippen LogP contribution in [0.25, 0.3) is 16.8 Å². The third-order valence-corrected chi connectivity index (χ3v) is 5.12. The average Bonchev–Trinajstić information content (AvgIpc) is 3.27. The third kappa shape index (κ3) is 4.46. The van der Waals surface area contributed by atoms with E-state index in [1.54, 1.807) is 23.9 Å². The van der Waals surface area contributed by atoms with Gasteiger partial charge >= 0.3 is 0 Å².